The first-order valence-corrected chi connectivity index (χ1v) is 21.1. The Morgan fingerprint density at radius 2 is 0.677 bits per heavy atom. The summed E-state index contributed by atoms with van der Waals surface area (Å²) in [6, 6.07) is 35.5. The van der Waals surface area contributed by atoms with Gasteiger partial charge in [0.1, 0.15) is 28.7 Å². The number of unbranched alkanes of at least 4 members (excludes halogenated alkanes) is 1. The Morgan fingerprint density at radius 3 is 0.938 bits per heavy atom. The van der Waals surface area contributed by atoms with E-state index < -0.39 is 0 Å². The lowest BCUT2D eigenvalue weighted by molar-refractivity contribution is -0.115. The molecule has 0 saturated carbocycles. The summed E-state index contributed by atoms with van der Waals surface area (Å²) in [4.78, 5) is 53.3. The van der Waals surface area contributed by atoms with E-state index in [0.717, 1.165) is 78.2 Å². The van der Waals surface area contributed by atoms with Crippen LogP contribution in [0.4, 0.5) is 28.4 Å². The van der Waals surface area contributed by atoms with Crippen LogP contribution in [0.3, 0.4) is 0 Å². The van der Waals surface area contributed by atoms with E-state index in [9.17, 15) is 24.0 Å². The van der Waals surface area contributed by atoms with Crippen molar-refractivity contribution in [2.45, 2.75) is 74.7 Å². The quantitative estimate of drug-likeness (QED) is 0.0434. The van der Waals surface area contributed by atoms with Crippen molar-refractivity contribution in [3.05, 3.63) is 121 Å². The van der Waals surface area contributed by atoms with Gasteiger partial charge < -0.3 is 50.6 Å². The van der Waals surface area contributed by atoms with Gasteiger partial charge in [-0.25, -0.2) is 0 Å². The van der Waals surface area contributed by atoms with Gasteiger partial charge in [-0.05, 0) is 141 Å². The van der Waals surface area contributed by atoms with Crippen LogP contribution < -0.4 is 45.5 Å². The van der Waals surface area contributed by atoms with Gasteiger partial charge in [0.15, 0.2) is 0 Å². The number of nitrogens with one attached hydrogen (secondary N) is 5. The number of phenols is 1. The molecule has 0 aliphatic rings. The highest BCUT2D eigenvalue weighted by molar-refractivity contribution is 5.90. The van der Waals surface area contributed by atoms with Gasteiger partial charge in [0, 0.05) is 63.1 Å². The van der Waals surface area contributed by atoms with Crippen molar-refractivity contribution >= 4 is 58.0 Å². The third-order valence-electron chi connectivity index (χ3n) is 7.67. The van der Waals surface area contributed by atoms with Crippen LogP contribution >= 0.6 is 0 Å². The van der Waals surface area contributed by atoms with Gasteiger partial charge in [0.05, 0.1) is 26.9 Å². The predicted molar refractivity (Wildman–Crippen MR) is 259 cm³/mol. The summed E-state index contributed by atoms with van der Waals surface area (Å²) in [5, 5.41) is 22.2. The van der Waals surface area contributed by atoms with Crippen molar-refractivity contribution in [3.8, 4) is 28.7 Å². The fraction of sp³-hybridized carbons (Fsp3) is 0.300. The molecule has 5 aromatic carbocycles. The average molecular weight is 896 g/mol. The molecule has 350 valence electrons. The van der Waals surface area contributed by atoms with Crippen molar-refractivity contribution in [1.82, 2.24) is 0 Å². The van der Waals surface area contributed by atoms with E-state index in [0.29, 0.717) is 12.3 Å². The number of aromatic hydroxyl groups is 1. The minimum atomic E-state index is -0.115. The second-order valence-electron chi connectivity index (χ2n) is 13.7. The molecule has 0 saturated heterocycles. The van der Waals surface area contributed by atoms with Crippen molar-refractivity contribution in [2.75, 3.05) is 53.5 Å². The van der Waals surface area contributed by atoms with Gasteiger partial charge in [0.2, 0.25) is 29.5 Å². The van der Waals surface area contributed by atoms with Crippen molar-refractivity contribution in [3.63, 3.8) is 0 Å². The van der Waals surface area contributed by atoms with Gasteiger partial charge in [-0.2, -0.15) is 0 Å². The Morgan fingerprint density at radius 1 is 0.400 bits per heavy atom. The number of carbonyl (C=O) groups is 5. The van der Waals surface area contributed by atoms with Crippen LogP contribution in [0.2, 0.25) is 0 Å². The van der Waals surface area contributed by atoms with E-state index in [1.807, 2.05) is 79.7 Å². The SMILES string of the molecule is CC(=O)Nc1ccc(O)cc1.CCCCOc1ccc(NC(C)=O)cc1.CCCOc1ccc(NC(C)=O)cc1.CCOc1ccc(NC(C)=O)cc1.COc1ccc(NC(C)=O)cc1. The van der Waals surface area contributed by atoms with Crippen LogP contribution in [0.15, 0.2) is 121 Å². The lowest BCUT2D eigenvalue weighted by Gasteiger charge is -2.06. The Kier molecular flexibility index (Phi) is 28.2. The van der Waals surface area contributed by atoms with Crippen molar-refractivity contribution in [2.24, 2.45) is 0 Å². The van der Waals surface area contributed by atoms with E-state index in [2.05, 4.69) is 40.4 Å². The molecule has 15 nitrogen and oxygen atoms in total. The number of ether oxygens (including phenoxy) is 4. The smallest absolute Gasteiger partial charge is 0.221 e. The molecule has 0 aliphatic heterocycles. The molecule has 0 fully saturated rings. The van der Waals surface area contributed by atoms with Gasteiger partial charge in [-0.3, -0.25) is 24.0 Å². The maximum absolute atomic E-state index is 10.8. The highest BCUT2D eigenvalue weighted by Crippen LogP contribution is 2.18. The number of anilines is 5. The topological polar surface area (TPSA) is 203 Å². The standard InChI is InChI=1S/C12H17NO2.C11H15NO2.C10H13NO2.C9H11NO2.C8H9NO2/c1-3-4-9-15-12-7-5-11(6-8-12)13-10(2)14;1-3-8-14-11-6-4-10(5-7-11)12-9(2)13;1-3-13-10-6-4-9(5-7-10)11-8(2)12;1-7(11)10-8-3-5-9(12-2)6-4-8;1-6(10)9-7-2-4-8(11)5-3-7/h5-8H,3-4,9H2,1-2H3,(H,13,14);4-7H,3,8H2,1-2H3,(H,12,13);4-7H,3H2,1-2H3,(H,11,12);3-6H,1-2H3,(H,10,11);2-5,11H,1H3,(H,9,10). The van der Waals surface area contributed by atoms with E-state index in [1.54, 1.807) is 43.5 Å². The minimum absolute atomic E-state index is 0.0605. The van der Waals surface area contributed by atoms with E-state index in [4.69, 9.17) is 24.1 Å². The number of phenolic OH excluding ortho intramolecular Hbond substituents is 1. The summed E-state index contributed by atoms with van der Waals surface area (Å²) < 4.78 is 21.1. The summed E-state index contributed by atoms with van der Waals surface area (Å²) in [7, 11) is 1.60. The molecule has 5 amide bonds. The molecule has 0 spiro atoms. The highest BCUT2D eigenvalue weighted by atomic mass is 16.5. The van der Waals surface area contributed by atoms with Crippen LogP contribution in [-0.2, 0) is 24.0 Å². The lowest BCUT2D eigenvalue weighted by atomic mass is 10.3. The third-order valence-corrected chi connectivity index (χ3v) is 7.67. The highest BCUT2D eigenvalue weighted by Gasteiger charge is 2.00. The van der Waals surface area contributed by atoms with Crippen LogP contribution in [0, 0.1) is 0 Å². The Bertz CT molecular complexity index is 2110. The van der Waals surface area contributed by atoms with Crippen LogP contribution in [0.5, 0.6) is 28.7 Å². The molecule has 0 unspecified atom stereocenters. The number of carbonyl (C=O) groups excluding carboxylic acids is 5. The summed E-state index contributed by atoms with van der Waals surface area (Å²) in [6.45, 7) is 15.6. The largest absolute Gasteiger partial charge is 0.508 e. The Hall–Kier alpha value is -7.55. The first-order valence-electron chi connectivity index (χ1n) is 21.1. The summed E-state index contributed by atoms with van der Waals surface area (Å²) >= 11 is 0. The normalized spacial score (nSPS) is 9.43. The molecule has 0 aliphatic carbocycles. The molecule has 5 aromatic rings. The average Bonchev–Trinajstić information content (AvgIpc) is 3.26. The van der Waals surface area contributed by atoms with E-state index in [-0.39, 0.29) is 35.3 Å². The monoisotopic (exact) mass is 895 g/mol. The third kappa shape index (κ3) is 28.6. The van der Waals surface area contributed by atoms with Crippen LogP contribution in [-0.4, -0.2) is 61.6 Å². The fourth-order valence-corrected chi connectivity index (χ4v) is 4.86. The molecular weight excluding hydrogens is 831 g/mol. The van der Waals surface area contributed by atoms with E-state index in [1.165, 1.54) is 46.8 Å². The lowest BCUT2D eigenvalue weighted by Crippen LogP contribution is -2.05. The zero-order chi connectivity index (χ0) is 48.4. The van der Waals surface area contributed by atoms with Crippen LogP contribution in [0.1, 0.15) is 74.7 Å². The number of amides is 5. The van der Waals surface area contributed by atoms with Gasteiger partial charge >= 0.3 is 0 Å². The molecule has 65 heavy (non-hydrogen) atoms. The van der Waals surface area contributed by atoms with Crippen molar-refractivity contribution < 1.29 is 48.0 Å². The number of hydrogen-bond acceptors (Lipinski definition) is 10. The molecule has 0 aromatic heterocycles. The number of hydrogen-bond donors (Lipinski definition) is 6. The van der Waals surface area contributed by atoms with Gasteiger partial charge in [-0.15, -0.1) is 0 Å². The maximum Gasteiger partial charge on any atom is 0.221 e. The number of benzene rings is 5. The number of rotatable bonds is 15. The van der Waals surface area contributed by atoms with E-state index >= 15 is 0 Å². The van der Waals surface area contributed by atoms with Gasteiger partial charge in [-0.1, -0.05) is 20.3 Å². The molecule has 0 heterocycles. The summed E-state index contributed by atoms with van der Waals surface area (Å²) in [5.41, 5.74) is 3.85. The Balaban J connectivity index is 0.000000408. The van der Waals surface area contributed by atoms with Crippen LogP contribution in [0.25, 0.3) is 0 Å². The first kappa shape index (κ1) is 55.5. The summed E-state index contributed by atoms with van der Waals surface area (Å²) in [6.07, 6.45) is 3.19. The second-order valence-corrected chi connectivity index (χ2v) is 13.7. The minimum Gasteiger partial charge on any atom is -0.508 e. The molecule has 6 N–H and O–H groups in total. The molecular formula is C50H65N5O10. The molecule has 5 rings (SSSR count). The second kappa shape index (κ2) is 33.1. The molecule has 15 heteroatoms. The maximum atomic E-state index is 10.8. The predicted octanol–water partition coefficient (Wildman–Crippen LogP) is 10.3. The first-order chi connectivity index (χ1) is 31.1. The zero-order valence-corrected chi connectivity index (χ0v) is 38.9. The fourth-order valence-electron chi connectivity index (χ4n) is 4.86. The van der Waals surface area contributed by atoms with Crippen molar-refractivity contribution in [1.29, 1.82) is 0 Å². The molecule has 0 bridgehead atoms. The Labute approximate surface area is 383 Å². The molecule has 0 atom stereocenters. The summed E-state index contributed by atoms with van der Waals surface area (Å²) in [5.74, 6) is 3.10. The zero-order valence-electron chi connectivity index (χ0n) is 38.9. The number of methoxy groups -OCH3 is 1. The molecule has 0 radical (unpaired) electrons. The van der Waals surface area contributed by atoms with Gasteiger partial charge in [0.25, 0.3) is 0 Å².